The van der Waals surface area contributed by atoms with Crippen molar-refractivity contribution in [2.24, 2.45) is 5.92 Å². The van der Waals surface area contributed by atoms with Gasteiger partial charge in [0.05, 0.1) is 0 Å². The van der Waals surface area contributed by atoms with E-state index < -0.39 is 6.09 Å². The van der Waals surface area contributed by atoms with Gasteiger partial charge in [-0.05, 0) is 68.4 Å². The summed E-state index contributed by atoms with van der Waals surface area (Å²) in [5.74, 6) is 0.198. The average molecular weight is 428 g/mol. The molecule has 156 valence electrons. The van der Waals surface area contributed by atoms with Gasteiger partial charge in [0.1, 0.15) is 12.1 Å². The Morgan fingerprint density at radius 3 is 2.70 bits per heavy atom. The highest BCUT2D eigenvalue weighted by Crippen LogP contribution is 2.23. The van der Waals surface area contributed by atoms with E-state index in [-0.39, 0.29) is 18.3 Å². The van der Waals surface area contributed by atoms with Crippen LogP contribution in [0.25, 0.3) is 11.1 Å². The summed E-state index contributed by atoms with van der Waals surface area (Å²) in [7, 11) is 0. The topological polar surface area (TPSA) is 84.7 Å². The first-order chi connectivity index (χ1) is 14.6. The average Bonchev–Trinajstić information content (AvgIpc) is 3.22. The minimum Gasteiger partial charge on any atom is -0.448 e. The van der Waals surface area contributed by atoms with Crippen molar-refractivity contribution < 1.29 is 18.7 Å². The van der Waals surface area contributed by atoms with E-state index in [9.17, 15) is 9.59 Å². The van der Waals surface area contributed by atoms with Gasteiger partial charge in [0.25, 0.3) is 0 Å². The van der Waals surface area contributed by atoms with Crippen molar-refractivity contribution in [2.75, 3.05) is 31.6 Å². The van der Waals surface area contributed by atoms with E-state index in [0.717, 1.165) is 25.9 Å². The Labute approximate surface area is 179 Å². The standard InChI is InChI=1S/C22H22ClN3O4/c23-17-3-1-15(2-4-17)21(27)16-7-9-26(10-8-16)11-12-29-22(28)25-18-5-6-20-19(13-18)24-14-30-20/h1-6,13-14,16H,7-12H2,(H,25,28). The number of piperidine rings is 1. The lowest BCUT2D eigenvalue weighted by atomic mass is 9.89. The Bertz CT molecular complexity index is 1030. The van der Waals surface area contributed by atoms with Crippen molar-refractivity contribution in [1.29, 1.82) is 0 Å². The monoisotopic (exact) mass is 427 g/mol. The number of rotatable bonds is 6. The summed E-state index contributed by atoms with van der Waals surface area (Å²) in [5, 5.41) is 3.32. The van der Waals surface area contributed by atoms with Crippen molar-refractivity contribution >= 4 is 40.3 Å². The molecular formula is C22H22ClN3O4. The fourth-order valence-corrected chi connectivity index (χ4v) is 3.75. The van der Waals surface area contributed by atoms with Crippen LogP contribution in [0.5, 0.6) is 0 Å². The first-order valence-corrected chi connectivity index (χ1v) is 10.3. The molecule has 0 spiro atoms. The van der Waals surface area contributed by atoms with Crippen LogP contribution in [0.3, 0.4) is 0 Å². The number of likely N-dealkylation sites (tertiary alicyclic amines) is 1. The highest BCUT2D eigenvalue weighted by Gasteiger charge is 2.25. The second-order valence-corrected chi connectivity index (χ2v) is 7.72. The molecule has 1 saturated heterocycles. The van der Waals surface area contributed by atoms with Crippen molar-refractivity contribution in [3.8, 4) is 0 Å². The molecule has 1 amide bonds. The van der Waals surface area contributed by atoms with Crippen LogP contribution in [0.1, 0.15) is 23.2 Å². The lowest BCUT2D eigenvalue weighted by Crippen LogP contribution is -2.38. The molecule has 1 aliphatic heterocycles. The van der Waals surface area contributed by atoms with E-state index in [1.165, 1.54) is 6.39 Å². The summed E-state index contributed by atoms with van der Waals surface area (Å²) in [6, 6.07) is 12.3. The number of aromatic nitrogens is 1. The predicted molar refractivity (Wildman–Crippen MR) is 114 cm³/mol. The molecule has 7 nitrogen and oxygen atoms in total. The van der Waals surface area contributed by atoms with Crippen molar-refractivity contribution in [1.82, 2.24) is 9.88 Å². The Hall–Kier alpha value is -2.90. The third kappa shape index (κ3) is 4.98. The normalized spacial score (nSPS) is 15.2. The number of ether oxygens (including phenoxy) is 1. The Morgan fingerprint density at radius 2 is 1.93 bits per heavy atom. The number of nitrogens with zero attached hydrogens (tertiary/aromatic N) is 2. The number of carbonyl (C=O) groups is 2. The molecule has 0 unspecified atom stereocenters. The molecule has 30 heavy (non-hydrogen) atoms. The number of hydrogen-bond donors (Lipinski definition) is 1. The predicted octanol–water partition coefficient (Wildman–Crippen LogP) is 4.62. The van der Waals surface area contributed by atoms with Crippen LogP contribution in [0, 0.1) is 5.92 Å². The number of Topliss-reactive ketones (excluding diaryl/α,β-unsaturated/α-hetero) is 1. The highest BCUT2D eigenvalue weighted by atomic mass is 35.5. The van der Waals surface area contributed by atoms with Gasteiger partial charge in [-0.25, -0.2) is 9.78 Å². The molecular weight excluding hydrogens is 406 g/mol. The lowest BCUT2D eigenvalue weighted by Gasteiger charge is -2.31. The highest BCUT2D eigenvalue weighted by molar-refractivity contribution is 6.30. The van der Waals surface area contributed by atoms with Crippen LogP contribution in [0.15, 0.2) is 53.3 Å². The first kappa shape index (κ1) is 20.4. The molecule has 1 fully saturated rings. The first-order valence-electron chi connectivity index (χ1n) is 9.87. The molecule has 3 aromatic rings. The number of fused-ring (bicyclic) bond motifs is 1. The smallest absolute Gasteiger partial charge is 0.411 e. The van der Waals surface area contributed by atoms with Gasteiger partial charge in [0.15, 0.2) is 17.8 Å². The van der Waals surface area contributed by atoms with Gasteiger partial charge in [0.2, 0.25) is 0 Å². The molecule has 2 aromatic carbocycles. The van der Waals surface area contributed by atoms with E-state index >= 15 is 0 Å². The zero-order chi connectivity index (χ0) is 20.9. The molecule has 0 saturated carbocycles. The number of nitrogens with one attached hydrogen (secondary N) is 1. The van der Waals surface area contributed by atoms with Crippen LogP contribution in [-0.2, 0) is 4.74 Å². The fraction of sp³-hybridized carbons (Fsp3) is 0.318. The molecule has 1 aromatic heterocycles. The summed E-state index contributed by atoms with van der Waals surface area (Å²) >= 11 is 5.89. The van der Waals surface area contributed by atoms with Gasteiger partial charge in [-0.1, -0.05) is 11.6 Å². The summed E-state index contributed by atoms with van der Waals surface area (Å²) in [4.78, 5) is 30.9. The van der Waals surface area contributed by atoms with E-state index in [1.54, 1.807) is 42.5 Å². The Morgan fingerprint density at radius 1 is 1.17 bits per heavy atom. The van der Waals surface area contributed by atoms with Crippen LogP contribution in [-0.4, -0.2) is 48.0 Å². The van der Waals surface area contributed by atoms with E-state index in [1.807, 2.05) is 0 Å². The van der Waals surface area contributed by atoms with E-state index in [4.69, 9.17) is 20.8 Å². The van der Waals surface area contributed by atoms with Gasteiger partial charge in [-0.2, -0.15) is 0 Å². The minimum atomic E-state index is -0.509. The quantitative estimate of drug-likeness (QED) is 0.577. The van der Waals surface area contributed by atoms with Gasteiger partial charge in [0, 0.05) is 28.7 Å². The summed E-state index contributed by atoms with van der Waals surface area (Å²) in [6.45, 7) is 2.53. The van der Waals surface area contributed by atoms with Crippen LogP contribution < -0.4 is 5.32 Å². The van der Waals surface area contributed by atoms with Crippen molar-refractivity contribution in [3.05, 3.63) is 59.4 Å². The SMILES string of the molecule is O=C(Nc1ccc2ocnc2c1)OCCN1CCC(C(=O)c2ccc(Cl)cc2)CC1. The summed E-state index contributed by atoms with van der Waals surface area (Å²) in [6.07, 6.45) is 2.45. The summed E-state index contributed by atoms with van der Waals surface area (Å²) in [5.41, 5.74) is 2.64. The number of hydrogen-bond acceptors (Lipinski definition) is 6. The maximum Gasteiger partial charge on any atom is 0.411 e. The third-order valence-electron chi connectivity index (χ3n) is 5.30. The van der Waals surface area contributed by atoms with Gasteiger partial charge < -0.3 is 9.15 Å². The Balaban J connectivity index is 1.18. The number of anilines is 1. The molecule has 1 aliphatic rings. The molecule has 0 radical (unpaired) electrons. The van der Waals surface area contributed by atoms with Gasteiger partial charge >= 0.3 is 6.09 Å². The molecule has 1 N–H and O–H groups in total. The van der Waals surface area contributed by atoms with Gasteiger partial charge in [-0.15, -0.1) is 0 Å². The number of oxazole rings is 1. The van der Waals surface area contributed by atoms with Crippen LogP contribution in [0.2, 0.25) is 5.02 Å². The number of amides is 1. The number of ketones is 1. The molecule has 4 rings (SSSR count). The zero-order valence-electron chi connectivity index (χ0n) is 16.3. The van der Waals surface area contributed by atoms with Crippen LogP contribution >= 0.6 is 11.6 Å². The molecule has 0 atom stereocenters. The van der Waals surface area contributed by atoms with Gasteiger partial charge in [-0.3, -0.25) is 15.0 Å². The lowest BCUT2D eigenvalue weighted by molar-refractivity contribution is 0.0813. The number of benzene rings is 2. The maximum absolute atomic E-state index is 12.6. The van der Waals surface area contributed by atoms with E-state index in [2.05, 4.69) is 15.2 Å². The van der Waals surface area contributed by atoms with Crippen LogP contribution in [0.4, 0.5) is 10.5 Å². The minimum absolute atomic E-state index is 0.0260. The molecule has 8 heteroatoms. The van der Waals surface area contributed by atoms with E-state index in [0.29, 0.717) is 33.9 Å². The second-order valence-electron chi connectivity index (χ2n) is 7.28. The zero-order valence-corrected chi connectivity index (χ0v) is 17.1. The number of carbonyl (C=O) groups excluding carboxylic acids is 2. The molecule has 2 heterocycles. The second kappa shape index (κ2) is 9.28. The largest absolute Gasteiger partial charge is 0.448 e. The summed E-state index contributed by atoms with van der Waals surface area (Å²) < 4.78 is 10.5. The third-order valence-corrected chi connectivity index (χ3v) is 5.56. The van der Waals surface area contributed by atoms with Crippen molar-refractivity contribution in [3.63, 3.8) is 0 Å². The fourth-order valence-electron chi connectivity index (χ4n) is 3.63. The Kier molecular flexibility index (Phi) is 6.30. The maximum atomic E-state index is 12.6. The molecule has 0 bridgehead atoms. The number of halogens is 1. The molecule has 0 aliphatic carbocycles. The van der Waals surface area contributed by atoms with Crippen molar-refractivity contribution in [2.45, 2.75) is 12.8 Å².